The van der Waals surface area contributed by atoms with Crippen LogP contribution in [-0.4, -0.2) is 42.7 Å². The molecule has 0 amide bonds. The van der Waals surface area contributed by atoms with E-state index in [9.17, 15) is 0 Å². The van der Waals surface area contributed by atoms with Gasteiger partial charge in [0.05, 0.1) is 12.8 Å². The average Bonchev–Trinajstić information content (AvgIpc) is 2.90. The Hall–Kier alpha value is -1.13. The summed E-state index contributed by atoms with van der Waals surface area (Å²) in [6.45, 7) is 10.7. The minimum Gasteiger partial charge on any atom is -0.496 e. The molecule has 1 aromatic heterocycles. The molecule has 118 valence electrons. The summed E-state index contributed by atoms with van der Waals surface area (Å²) in [6, 6.07) is 0.644. The van der Waals surface area contributed by atoms with Gasteiger partial charge >= 0.3 is 0 Å². The monoisotopic (exact) mass is 291 g/mol. The molecular formula is C17H29N3O. The quantitative estimate of drug-likeness (QED) is 0.784. The maximum Gasteiger partial charge on any atom is 0.128 e. The first-order chi connectivity index (χ1) is 10.2. The minimum atomic E-state index is 0.644. The summed E-state index contributed by atoms with van der Waals surface area (Å²) >= 11 is 0. The van der Waals surface area contributed by atoms with Crippen molar-refractivity contribution in [2.75, 3.05) is 26.7 Å². The minimum absolute atomic E-state index is 0.644. The second-order valence-electron chi connectivity index (χ2n) is 6.02. The molecule has 0 aliphatic carbocycles. The predicted molar refractivity (Wildman–Crippen MR) is 86.9 cm³/mol. The summed E-state index contributed by atoms with van der Waals surface area (Å²) < 4.78 is 5.52. The normalized spacial score (nSPS) is 19.1. The second-order valence-corrected chi connectivity index (χ2v) is 6.02. The zero-order valence-electron chi connectivity index (χ0n) is 13.9. The van der Waals surface area contributed by atoms with Crippen molar-refractivity contribution >= 4 is 0 Å². The molecule has 0 spiro atoms. The van der Waals surface area contributed by atoms with E-state index in [0.29, 0.717) is 6.04 Å². The van der Waals surface area contributed by atoms with E-state index in [2.05, 4.69) is 36.0 Å². The van der Waals surface area contributed by atoms with Gasteiger partial charge in [-0.2, -0.15) is 0 Å². The van der Waals surface area contributed by atoms with Gasteiger partial charge in [-0.05, 0) is 46.2 Å². The van der Waals surface area contributed by atoms with Gasteiger partial charge in [-0.1, -0.05) is 6.92 Å². The fourth-order valence-corrected chi connectivity index (χ4v) is 3.20. The van der Waals surface area contributed by atoms with Crippen LogP contribution in [0.1, 0.15) is 43.0 Å². The zero-order chi connectivity index (χ0) is 15.2. The third-order valence-electron chi connectivity index (χ3n) is 4.41. The van der Waals surface area contributed by atoms with Crippen molar-refractivity contribution in [3.8, 4) is 5.75 Å². The fraction of sp³-hybridized carbons (Fsp3) is 0.706. The molecule has 1 aromatic rings. The lowest BCUT2D eigenvalue weighted by molar-refractivity contribution is 0.236. The average molecular weight is 291 g/mol. The first-order valence-corrected chi connectivity index (χ1v) is 8.11. The van der Waals surface area contributed by atoms with Crippen molar-refractivity contribution in [2.45, 2.75) is 52.6 Å². The lowest BCUT2D eigenvalue weighted by Gasteiger charge is -2.25. The summed E-state index contributed by atoms with van der Waals surface area (Å²) in [5, 5.41) is 3.55. The summed E-state index contributed by atoms with van der Waals surface area (Å²) in [7, 11) is 1.74. The summed E-state index contributed by atoms with van der Waals surface area (Å²) in [5.74, 6) is 0.986. The maximum atomic E-state index is 5.52. The highest BCUT2D eigenvalue weighted by Crippen LogP contribution is 2.26. The zero-order valence-corrected chi connectivity index (χ0v) is 13.9. The Morgan fingerprint density at radius 3 is 2.95 bits per heavy atom. The number of pyridine rings is 1. The van der Waals surface area contributed by atoms with Crippen molar-refractivity contribution in [3.05, 3.63) is 23.0 Å². The fourth-order valence-electron chi connectivity index (χ4n) is 3.20. The Morgan fingerprint density at radius 2 is 2.24 bits per heavy atom. The van der Waals surface area contributed by atoms with Gasteiger partial charge < -0.3 is 10.1 Å². The van der Waals surface area contributed by atoms with Crippen LogP contribution in [0.2, 0.25) is 0 Å². The number of nitrogens with one attached hydrogen (secondary N) is 1. The molecule has 1 aliphatic rings. The Morgan fingerprint density at radius 1 is 1.43 bits per heavy atom. The molecule has 1 N–H and O–H groups in total. The standard InChI is InChI=1S/C17H29N3O/c1-5-8-18-11-15-7-6-9-20(15)12-16-14(3)17(21-4)13(2)10-19-16/h10,15,18H,5-9,11-12H2,1-4H3. The topological polar surface area (TPSA) is 37.4 Å². The van der Waals surface area contributed by atoms with Crippen molar-refractivity contribution in [2.24, 2.45) is 0 Å². The number of hydrogen-bond acceptors (Lipinski definition) is 4. The molecule has 1 saturated heterocycles. The summed E-state index contributed by atoms with van der Waals surface area (Å²) in [6.07, 6.45) is 5.71. The third kappa shape index (κ3) is 3.95. The van der Waals surface area contributed by atoms with E-state index in [1.165, 1.54) is 31.4 Å². The molecule has 1 fully saturated rings. The van der Waals surface area contributed by atoms with Gasteiger partial charge in [0.25, 0.3) is 0 Å². The second kappa shape index (κ2) is 7.76. The van der Waals surface area contributed by atoms with E-state index in [1.807, 2.05) is 6.20 Å². The molecule has 4 heteroatoms. The molecule has 1 atom stereocenters. The molecule has 1 unspecified atom stereocenters. The number of methoxy groups -OCH3 is 1. The van der Waals surface area contributed by atoms with Gasteiger partial charge in [-0.3, -0.25) is 9.88 Å². The Balaban J connectivity index is 2.03. The molecule has 21 heavy (non-hydrogen) atoms. The Kier molecular flexibility index (Phi) is 6.00. The summed E-state index contributed by atoms with van der Waals surface area (Å²) in [4.78, 5) is 7.20. The van der Waals surface area contributed by atoms with E-state index in [4.69, 9.17) is 4.74 Å². The van der Waals surface area contributed by atoms with Gasteiger partial charge in [-0.25, -0.2) is 0 Å². The maximum absolute atomic E-state index is 5.52. The lowest BCUT2D eigenvalue weighted by Crippen LogP contribution is -2.38. The van der Waals surface area contributed by atoms with Crippen LogP contribution in [0.4, 0.5) is 0 Å². The molecule has 0 bridgehead atoms. The first kappa shape index (κ1) is 16.2. The van der Waals surface area contributed by atoms with E-state index >= 15 is 0 Å². The van der Waals surface area contributed by atoms with Gasteiger partial charge in [-0.15, -0.1) is 0 Å². The van der Waals surface area contributed by atoms with Crippen LogP contribution in [0, 0.1) is 13.8 Å². The molecule has 1 aliphatic heterocycles. The predicted octanol–water partition coefficient (Wildman–Crippen LogP) is 2.67. The van der Waals surface area contributed by atoms with Crippen LogP contribution >= 0.6 is 0 Å². The van der Waals surface area contributed by atoms with Crippen LogP contribution in [0.25, 0.3) is 0 Å². The number of rotatable bonds is 7. The van der Waals surface area contributed by atoms with E-state index in [-0.39, 0.29) is 0 Å². The van der Waals surface area contributed by atoms with Crippen LogP contribution in [-0.2, 0) is 6.54 Å². The van der Waals surface area contributed by atoms with Crippen LogP contribution < -0.4 is 10.1 Å². The van der Waals surface area contributed by atoms with Crippen molar-refractivity contribution in [1.29, 1.82) is 0 Å². The highest BCUT2D eigenvalue weighted by atomic mass is 16.5. The SMILES string of the molecule is CCCNCC1CCCN1Cc1ncc(C)c(OC)c1C. The summed E-state index contributed by atoms with van der Waals surface area (Å²) in [5.41, 5.74) is 3.45. The van der Waals surface area contributed by atoms with Crippen LogP contribution in [0.3, 0.4) is 0 Å². The molecule has 0 saturated carbocycles. The van der Waals surface area contributed by atoms with Gasteiger partial charge in [0, 0.05) is 36.5 Å². The largest absolute Gasteiger partial charge is 0.496 e. The van der Waals surface area contributed by atoms with Gasteiger partial charge in [0.1, 0.15) is 5.75 Å². The number of aromatic nitrogens is 1. The number of aryl methyl sites for hydroxylation is 1. The molecular weight excluding hydrogens is 262 g/mol. The van der Waals surface area contributed by atoms with Crippen molar-refractivity contribution in [1.82, 2.24) is 15.2 Å². The number of hydrogen-bond donors (Lipinski definition) is 1. The molecule has 2 rings (SSSR count). The highest BCUT2D eigenvalue weighted by Gasteiger charge is 2.25. The number of likely N-dealkylation sites (tertiary alicyclic amines) is 1. The van der Waals surface area contributed by atoms with E-state index in [0.717, 1.165) is 36.6 Å². The van der Waals surface area contributed by atoms with Crippen LogP contribution in [0.5, 0.6) is 5.75 Å². The third-order valence-corrected chi connectivity index (χ3v) is 4.41. The molecule has 2 heterocycles. The van der Waals surface area contributed by atoms with Crippen LogP contribution in [0.15, 0.2) is 6.20 Å². The Bertz CT molecular complexity index is 462. The van der Waals surface area contributed by atoms with Crippen molar-refractivity contribution < 1.29 is 4.74 Å². The first-order valence-electron chi connectivity index (χ1n) is 8.11. The molecule has 0 aromatic carbocycles. The molecule has 0 radical (unpaired) electrons. The number of ether oxygens (including phenoxy) is 1. The van der Waals surface area contributed by atoms with E-state index < -0.39 is 0 Å². The van der Waals surface area contributed by atoms with Crippen molar-refractivity contribution in [3.63, 3.8) is 0 Å². The Labute approximate surface area is 128 Å². The van der Waals surface area contributed by atoms with Gasteiger partial charge in [0.2, 0.25) is 0 Å². The smallest absolute Gasteiger partial charge is 0.128 e. The highest BCUT2D eigenvalue weighted by molar-refractivity contribution is 5.41. The van der Waals surface area contributed by atoms with Gasteiger partial charge in [0.15, 0.2) is 0 Å². The molecule has 4 nitrogen and oxygen atoms in total. The number of nitrogens with zero attached hydrogens (tertiary/aromatic N) is 2. The lowest BCUT2D eigenvalue weighted by atomic mass is 10.1. The van der Waals surface area contributed by atoms with E-state index in [1.54, 1.807) is 7.11 Å².